The summed E-state index contributed by atoms with van der Waals surface area (Å²) in [6.45, 7) is 6.57. The average Bonchev–Trinajstić information content (AvgIpc) is 2.68. The first-order valence-electron chi connectivity index (χ1n) is 9.09. The normalized spacial score (nSPS) is 15.0. The summed E-state index contributed by atoms with van der Waals surface area (Å²) in [5, 5.41) is 3.35. The molecule has 1 aliphatic heterocycles. The fraction of sp³-hybridized carbons (Fsp3) is 0.400. The zero-order chi connectivity index (χ0) is 18.5. The van der Waals surface area contributed by atoms with Crippen molar-refractivity contribution in [2.45, 2.75) is 6.92 Å². The maximum absolute atomic E-state index is 12.7. The summed E-state index contributed by atoms with van der Waals surface area (Å²) < 4.78 is 0. The van der Waals surface area contributed by atoms with E-state index in [0.29, 0.717) is 5.69 Å². The van der Waals surface area contributed by atoms with Gasteiger partial charge in [0.2, 0.25) is 0 Å². The Morgan fingerprint density at radius 2 is 1.77 bits per heavy atom. The van der Waals surface area contributed by atoms with Gasteiger partial charge < -0.3 is 20.0 Å². The summed E-state index contributed by atoms with van der Waals surface area (Å²) >= 11 is 0. The van der Waals surface area contributed by atoms with Crippen molar-refractivity contribution in [1.82, 2.24) is 14.8 Å². The number of pyridine rings is 1. The maximum atomic E-state index is 12.7. The number of carbonyl (C=O) groups excluding carboxylic acids is 1. The van der Waals surface area contributed by atoms with Crippen LogP contribution in [0.25, 0.3) is 0 Å². The van der Waals surface area contributed by atoms with E-state index in [4.69, 9.17) is 0 Å². The summed E-state index contributed by atoms with van der Waals surface area (Å²) in [6.07, 6.45) is 1.69. The van der Waals surface area contributed by atoms with Gasteiger partial charge in [0.1, 0.15) is 5.69 Å². The SMILES string of the molecule is CCN1CCN(C(=O)c2cc(Nc3ccc(N(C)C)cc3)ccn2)CC1. The molecule has 1 aliphatic rings. The molecule has 26 heavy (non-hydrogen) atoms. The Bertz CT molecular complexity index is 736. The second-order valence-corrected chi connectivity index (χ2v) is 6.72. The predicted molar refractivity (Wildman–Crippen MR) is 106 cm³/mol. The average molecular weight is 353 g/mol. The van der Waals surface area contributed by atoms with E-state index in [-0.39, 0.29) is 5.91 Å². The van der Waals surface area contributed by atoms with Crippen LogP contribution < -0.4 is 10.2 Å². The van der Waals surface area contributed by atoms with Crippen LogP contribution in [0, 0.1) is 0 Å². The van der Waals surface area contributed by atoms with Gasteiger partial charge in [0.15, 0.2) is 0 Å². The Balaban J connectivity index is 1.67. The molecule has 1 fully saturated rings. The van der Waals surface area contributed by atoms with Crippen molar-refractivity contribution in [3.05, 3.63) is 48.3 Å². The van der Waals surface area contributed by atoms with E-state index in [1.807, 2.05) is 43.3 Å². The largest absolute Gasteiger partial charge is 0.378 e. The minimum atomic E-state index is 0.00681. The zero-order valence-electron chi connectivity index (χ0n) is 15.8. The molecule has 1 aromatic carbocycles. The van der Waals surface area contributed by atoms with Crippen molar-refractivity contribution in [2.75, 3.05) is 57.0 Å². The number of nitrogens with zero attached hydrogens (tertiary/aromatic N) is 4. The molecule has 0 unspecified atom stereocenters. The first kappa shape index (κ1) is 18.2. The van der Waals surface area contributed by atoms with E-state index >= 15 is 0 Å². The van der Waals surface area contributed by atoms with Crippen molar-refractivity contribution >= 4 is 23.0 Å². The van der Waals surface area contributed by atoms with Gasteiger partial charge in [-0.15, -0.1) is 0 Å². The van der Waals surface area contributed by atoms with Crippen LogP contribution in [-0.4, -0.2) is 67.5 Å². The molecular formula is C20H27N5O. The van der Waals surface area contributed by atoms with Gasteiger partial charge in [0.05, 0.1) is 0 Å². The number of aromatic nitrogens is 1. The lowest BCUT2D eigenvalue weighted by atomic mass is 10.2. The number of amides is 1. The number of hydrogen-bond acceptors (Lipinski definition) is 5. The molecule has 138 valence electrons. The lowest BCUT2D eigenvalue weighted by Crippen LogP contribution is -2.48. The molecule has 0 aliphatic carbocycles. The number of carbonyl (C=O) groups is 1. The van der Waals surface area contributed by atoms with Crippen molar-refractivity contribution in [3.8, 4) is 0 Å². The van der Waals surface area contributed by atoms with E-state index in [1.165, 1.54) is 0 Å². The molecular weight excluding hydrogens is 326 g/mol. The third-order valence-corrected chi connectivity index (χ3v) is 4.76. The highest BCUT2D eigenvalue weighted by Crippen LogP contribution is 2.20. The van der Waals surface area contributed by atoms with Gasteiger partial charge in [-0.2, -0.15) is 0 Å². The number of rotatable bonds is 5. The Morgan fingerprint density at radius 3 is 2.38 bits per heavy atom. The van der Waals surface area contributed by atoms with E-state index < -0.39 is 0 Å². The fourth-order valence-corrected chi connectivity index (χ4v) is 3.06. The molecule has 0 bridgehead atoms. The smallest absolute Gasteiger partial charge is 0.272 e. The number of benzene rings is 1. The third kappa shape index (κ3) is 4.32. The topological polar surface area (TPSA) is 51.7 Å². The maximum Gasteiger partial charge on any atom is 0.272 e. The van der Waals surface area contributed by atoms with Crippen LogP contribution in [0.1, 0.15) is 17.4 Å². The summed E-state index contributed by atoms with van der Waals surface area (Å²) in [7, 11) is 4.03. The molecule has 2 heterocycles. The Kier molecular flexibility index (Phi) is 5.73. The molecule has 0 spiro atoms. The summed E-state index contributed by atoms with van der Waals surface area (Å²) in [5.74, 6) is 0.00681. The van der Waals surface area contributed by atoms with Crippen LogP contribution in [-0.2, 0) is 0 Å². The van der Waals surface area contributed by atoms with Gasteiger partial charge >= 0.3 is 0 Å². The minimum absolute atomic E-state index is 0.00681. The summed E-state index contributed by atoms with van der Waals surface area (Å²) in [6, 6.07) is 11.9. The van der Waals surface area contributed by atoms with Crippen LogP contribution in [0.3, 0.4) is 0 Å². The van der Waals surface area contributed by atoms with E-state index in [2.05, 4.69) is 39.2 Å². The standard InChI is InChI=1S/C20H27N5O/c1-4-24-11-13-25(14-12-24)20(26)19-15-17(9-10-21-19)22-16-5-7-18(8-6-16)23(2)3/h5-10,15H,4,11-14H2,1-3H3,(H,21,22). The van der Waals surface area contributed by atoms with Gasteiger partial charge in [-0.1, -0.05) is 6.92 Å². The first-order valence-corrected chi connectivity index (χ1v) is 9.09. The number of nitrogens with one attached hydrogen (secondary N) is 1. The highest BCUT2D eigenvalue weighted by molar-refractivity contribution is 5.93. The number of anilines is 3. The molecule has 0 atom stereocenters. The van der Waals surface area contributed by atoms with Crippen LogP contribution in [0.2, 0.25) is 0 Å². The molecule has 6 nitrogen and oxygen atoms in total. The quantitative estimate of drug-likeness (QED) is 0.896. The van der Waals surface area contributed by atoms with E-state index in [0.717, 1.165) is 49.8 Å². The van der Waals surface area contributed by atoms with Crippen LogP contribution in [0.4, 0.5) is 17.1 Å². The number of piperazine rings is 1. The molecule has 1 saturated heterocycles. The summed E-state index contributed by atoms with van der Waals surface area (Å²) in [5.41, 5.74) is 3.49. The Hall–Kier alpha value is -2.60. The van der Waals surface area contributed by atoms with E-state index in [1.54, 1.807) is 6.20 Å². The fourth-order valence-electron chi connectivity index (χ4n) is 3.06. The molecule has 1 aromatic heterocycles. The van der Waals surface area contributed by atoms with Crippen LogP contribution in [0.15, 0.2) is 42.6 Å². The molecule has 1 N–H and O–H groups in total. The zero-order valence-corrected chi connectivity index (χ0v) is 15.8. The predicted octanol–water partition coefficient (Wildman–Crippen LogP) is 2.67. The summed E-state index contributed by atoms with van der Waals surface area (Å²) in [4.78, 5) is 23.3. The Labute approximate surface area is 155 Å². The minimum Gasteiger partial charge on any atom is -0.378 e. The molecule has 1 amide bonds. The molecule has 0 radical (unpaired) electrons. The lowest BCUT2D eigenvalue weighted by Gasteiger charge is -2.33. The Morgan fingerprint density at radius 1 is 1.08 bits per heavy atom. The van der Waals surface area contributed by atoms with Gasteiger partial charge in [-0.3, -0.25) is 9.78 Å². The van der Waals surface area contributed by atoms with Crippen LogP contribution >= 0.6 is 0 Å². The molecule has 3 rings (SSSR count). The third-order valence-electron chi connectivity index (χ3n) is 4.76. The monoisotopic (exact) mass is 353 g/mol. The molecule has 6 heteroatoms. The van der Waals surface area contributed by atoms with Gasteiger partial charge in [-0.05, 0) is 42.9 Å². The van der Waals surface area contributed by atoms with Crippen molar-refractivity contribution in [3.63, 3.8) is 0 Å². The van der Waals surface area contributed by atoms with Crippen molar-refractivity contribution in [2.24, 2.45) is 0 Å². The van der Waals surface area contributed by atoms with E-state index in [9.17, 15) is 4.79 Å². The lowest BCUT2D eigenvalue weighted by molar-refractivity contribution is 0.0637. The second kappa shape index (κ2) is 8.19. The first-order chi connectivity index (χ1) is 12.6. The van der Waals surface area contributed by atoms with Crippen molar-refractivity contribution < 1.29 is 4.79 Å². The highest BCUT2D eigenvalue weighted by atomic mass is 16.2. The number of hydrogen-bond donors (Lipinski definition) is 1. The number of likely N-dealkylation sites (N-methyl/N-ethyl adjacent to an activating group) is 1. The van der Waals surface area contributed by atoms with Gasteiger partial charge in [-0.25, -0.2) is 0 Å². The molecule has 2 aromatic rings. The second-order valence-electron chi connectivity index (χ2n) is 6.72. The van der Waals surface area contributed by atoms with Crippen LogP contribution in [0.5, 0.6) is 0 Å². The van der Waals surface area contributed by atoms with Gasteiger partial charge in [0.25, 0.3) is 5.91 Å². The highest BCUT2D eigenvalue weighted by Gasteiger charge is 2.22. The van der Waals surface area contributed by atoms with Gasteiger partial charge in [0, 0.05) is 63.5 Å². The van der Waals surface area contributed by atoms with Crippen molar-refractivity contribution in [1.29, 1.82) is 0 Å². The molecule has 0 saturated carbocycles.